The maximum absolute atomic E-state index is 10.2. The number of hydrogen-bond donors (Lipinski definition) is 1. The highest BCUT2D eigenvalue weighted by atomic mass is 127. The molecule has 1 aliphatic rings. The van der Waals surface area contributed by atoms with E-state index < -0.39 is 8.53 Å². The molecule has 0 aromatic heterocycles. The number of aliphatic hydroxyl groups is 1. The molecule has 1 aliphatic carbocycles. The van der Waals surface area contributed by atoms with Gasteiger partial charge in [-0.15, -0.1) is 0 Å². The zero-order chi connectivity index (χ0) is 8.48. The van der Waals surface area contributed by atoms with Gasteiger partial charge in [0.15, 0.2) is 0 Å². The van der Waals surface area contributed by atoms with E-state index in [4.69, 9.17) is 0 Å². The van der Waals surface area contributed by atoms with E-state index in [0.717, 1.165) is 0 Å². The molecule has 0 saturated heterocycles. The number of nitro groups is 1. The zero-order valence-corrected chi connectivity index (χ0v) is 7.69. The van der Waals surface area contributed by atoms with E-state index in [1.54, 1.807) is 22.6 Å². The van der Waals surface area contributed by atoms with Gasteiger partial charge < -0.3 is 5.11 Å². The van der Waals surface area contributed by atoms with E-state index in [2.05, 4.69) is 0 Å². The lowest BCUT2D eigenvalue weighted by Gasteiger charge is -2.16. The summed E-state index contributed by atoms with van der Waals surface area (Å²) in [6.07, 6.45) is 4.48. The molecule has 0 aromatic carbocycles. The maximum atomic E-state index is 10.2. The van der Waals surface area contributed by atoms with Gasteiger partial charge in [0, 0.05) is 6.08 Å². The Morgan fingerprint density at radius 3 is 2.82 bits per heavy atom. The van der Waals surface area contributed by atoms with Gasteiger partial charge in [-0.2, -0.15) is 0 Å². The van der Waals surface area contributed by atoms with E-state index in [1.165, 1.54) is 18.2 Å². The molecule has 0 amide bonds. The van der Waals surface area contributed by atoms with E-state index in [0.29, 0.717) is 0 Å². The Morgan fingerprint density at radius 2 is 2.45 bits per heavy atom. The van der Waals surface area contributed by atoms with Gasteiger partial charge in [-0.05, 0) is 28.7 Å². The van der Waals surface area contributed by atoms with Crippen LogP contribution in [0.2, 0.25) is 0 Å². The molecule has 5 heteroatoms. The summed E-state index contributed by atoms with van der Waals surface area (Å²) in [5.41, 5.74) is 0.0457. The van der Waals surface area contributed by atoms with Gasteiger partial charge in [-0.25, -0.2) is 0 Å². The molecule has 0 aromatic rings. The predicted molar refractivity (Wildman–Crippen MR) is 47.8 cm³/mol. The van der Waals surface area contributed by atoms with E-state index in [9.17, 15) is 15.2 Å². The summed E-state index contributed by atoms with van der Waals surface area (Å²) in [5.74, 6) is 0. The fourth-order valence-electron chi connectivity index (χ4n) is 0.804. The second kappa shape index (κ2) is 2.90. The van der Waals surface area contributed by atoms with Crippen molar-refractivity contribution in [1.29, 1.82) is 0 Å². The van der Waals surface area contributed by atoms with Crippen LogP contribution in [0.1, 0.15) is 6.42 Å². The standard InChI is InChI=1S/C6H6INO3/c7-6(9)3-1-2-5(4-6)8(10)11/h1-3,9H,4H2. The van der Waals surface area contributed by atoms with Crippen molar-refractivity contribution in [2.75, 3.05) is 0 Å². The number of nitrogens with zero attached hydrogens (tertiary/aromatic N) is 1. The van der Waals surface area contributed by atoms with E-state index >= 15 is 0 Å². The number of rotatable bonds is 1. The third-order valence-electron chi connectivity index (χ3n) is 1.30. The summed E-state index contributed by atoms with van der Waals surface area (Å²) in [4.78, 5) is 9.75. The van der Waals surface area contributed by atoms with Crippen molar-refractivity contribution in [3.63, 3.8) is 0 Å². The summed E-state index contributed by atoms with van der Waals surface area (Å²) in [6.45, 7) is 0. The number of alkyl halides is 1. The molecule has 0 bridgehead atoms. The minimum absolute atomic E-state index is 0.0457. The molecule has 1 N–H and O–H groups in total. The molecule has 1 atom stereocenters. The fraction of sp³-hybridized carbons (Fsp3) is 0.333. The van der Waals surface area contributed by atoms with Gasteiger partial charge >= 0.3 is 0 Å². The van der Waals surface area contributed by atoms with Crippen molar-refractivity contribution in [2.24, 2.45) is 0 Å². The Balaban J connectivity index is 2.81. The second-order valence-corrected chi connectivity index (χ2v) is 4.14. The number of halogens is 1. The van der Waals surface area contributed by atoms with Crippen LogP contribution in [0.4, 0.5) is 0 Å². The molecule has 0 fully saturated rings. The van der Waals surface area contributed by atoms with Crippen LogP contribution >= 0.6 is 22.6 Å². The second-order valence-electron chi connectivity index (χ2n) is 2.27. The molecule has 11 heavy (non-hydrogen) atoms. The Morgan fingerprint density at radius 1 is 1.82 bits per heavy atom. The maximum Gasteiger partial charge on any atom is 0.250 e. The van der Waals surface area contributed by atoms with Crippen molar-refractivity contribution < 1.29 is 10.0 Å². The molecule has 0 spiro atoms. The molecule has 60 valence electrons. The first-order valence-corrected chi connectivity index (χ1v) is 4.03. The quantitative estimate of drug-likeness (QED) is 0.336. The molecular weight excluding hydrogens is 261 g/mol. The first-order valence-electron chi connectivity index (χ1n) is 2.95. The Bertz CT molecular complexity index is 244. The van der Waals surface area contributed by atoms with Crippen LogP contribution in [0.25, 0.3) is 0 Å². The van der Waals surface area contributed by atoms with Gasteiger partial charge in [0.1, 0.15) is 3.61 Å². The Hall–Kier alpha value is -0.430. The van der Waals surface area contributed by atoms with Crippen molar-refractivity contribution in [1.82, 2.24) is 0 Å². The van der Waals surface area contributed by atoms with Crippen LogP contribution in [0.5, 0.6) is 0 Å². The molecule has 0 radical (unpaired) electrons. The van der Waals surface area contributed by atoms with Crippen LogP contribution in [0.3, 0.4) is 0 Å². The molecular formula is C6H6INO3. The predicted octanol–water partition coefficient (Wildman–Crippen LogP) is 1.23. The molecule has 1 unspecified atom stereocenters. The van der Waals surface area contributed by atoms with Crippen molar-refractivity contribution >= 4 is 22.6 Å². The Labute approximate surface area is 76.9 Å². The average molecular weight is 267 g/mol. The summed E-state index contributed by atoms with van der Waals surface area (Å²) >= 11 is 1.76. The van der Waals surface area contributed by atoms with Crippen LogP contribution in [-0.2, 0) is 0 Å². The zero-order valence-electron chi connectivity index (χ0n) is 5.53. The third-order valence-corrected chi connectivity index (χ3v) is 2.04. The Kier molecular flexibility index (Phi) is 2.28. The largest absolute Gasteiger partial charge is 0.375 e. The lowest BCUT2D eigenvalue weighted by Crippen LogP contribution is -2.21. The van der Waals surface area contributed by atoms with Crippen molar-refractivity contribution in [2.45, 2.75) is 10.0 Å². The van der Waals surface area contributed by atoms with Gasteiger partial charge in [-0.3, -0.25) is 10.1 Å². The van der Waals surface area contributed by atoms with Gasteiger partial charge in [0.05, 0.1) is 11.3 Å². The number of hydrogen-bond acceptors (Lipinski definition) is 3. The summed E-state index contributed by atoms with van der Waals surface area (Å²) in [5, 5.41) is 19.6. The summed E-state index contributed by atoms with van der Waals surface area (Å²) in [7, 11) is 0. The summed E-state index contributed by atoms with van der Waals surface area (Å²) in [6, 6.07) is 0. The minimum atomic E-state index is -1.09. The van der Waals surface area contributed by atoms with Gasteiger partial charge in [-0.1, -0.05) is 6.08 Å². The first-order chi connectivity index (χ1) is 5.01. The highest BCUT2D eigenvalue weighted by molar-refractivity contribution is 14.1. The minimum Gasteiger partial charge on any atom is -0.375 e. The molecule has 1 rings (SSSR count). The van der Waals surface area contributed by atoms with Crippen LogP contribution < -0.4 is 0 Å². The lowest BCUT2D eigenvalue weighted by molar-refractivity contribution is -0.429. The molecule has 0 heterocycles. The SMILES string of the molecule is O=[N+]([O-])C1=CC=CC(O)(I)C1. The van der Waals surface area contributed by atoms with Crippen molar-refractivity contribution in [3.05, 3.63) is 34.0 Å². The lowest BCUT2D eigenvalue weighted by atomic mass is 10.1. The van der Waals surface area contributed by atoms with E-state index in [1.807, 2.05) is 0 Å². The summed E-state index contributed by atoms with van der Waals surface area (Å²) < 4.78 is -1.09. The van der Waals surface area contributed by atoms with Gasteiger partial charge in [0.2, 0.25) is 5.70 Å². The topological polar surface area (TPSA) is 63.4 Å². The fourth-order valence-corrected chi connectivity index (χ4v) is 1.40. The third kappa shape index (κ3) is 2.26. The first kappa shape index (κ1) is 8.66. The molecule has 4 nitrogen and oxygen atoms in total. The molecule has 0 saturated carbocycles. The van der Waals surface area contributed by atoms with Gasteiger partial charge in [0.25, 0.3) is 0 Å². The van der Waals surface area contributed by atoms with Crippen LogP contribution in [0.15, 0.2) is 23.9 Å². The normalized spacial score (nSPS) is 29.8. The highest BCUT2D eigenvalue weighted by Crippen LogP contribution is 2.28. The smallest absolute Gasteiger partial charge is 0.250 e. The number of allylic oxidation sites excluding steroid dienone is 2. The molecule has 0 aliphatic heterocycles. The average Bonchev–Trinajstić information content (AvgIpc) is 1.85. The van der Waals surface area contributed by atoms with Crippen LogP contribution in [-0.4, -0.2) is 13.6 Å². The monoisotopic (exact) mass is 267 g/mol. The highest BCUT2D eigenvalue weighted by Gasteiger charge is 2.28. The van der Waals surface area contributed by atoms with Crippen molar-refractivity contribution in [3.8, 4) is 0 Å². The van der Waals surface area contributed by atoms with E-state index in [-0.39, 0.29) is 12.1 Å². The van der Waals surface area contributed by atoms with Crippen LogP contribution in [0, 0.1) is 10.1 Å².